The fraction of sp³-hybridized carbons (Fsp3) is 0.500. The van der Waals surface area contributed by atoms with Gasteiger partial charge in [0.2, 0.25) is 5.88 Å². The quantitative estimate of drug-likeness (QED) is 0.544. The van der Waals surface area contributed by atoms with Gasteiger partial charge in [-0.15, -0.1) is 0 Å². The topological polar surface area (TPSA) is 25.1 Å². The van der Waals surface area contributed by atoms with Gasteiger partial charge in [-0.1, -0.05) is 31.0 Å². The average molecular weight is 284 g/mol. The lowest BCUT2D eigenvalue weighted by atomic mass is 10.1. The number of aryl methyl sites for hydroxylation is 1. The number of nitrogens with zero attached hydrogens (tertiary/aromatic N) is 2. The molecule has 1 aliphatic rings. The third-order valence-corrected chi connectivity index (χ3v) is 4.06. The first-order chi connectivity index (χ1) is 10.3. The zero-order valence-corrected chi connectivity index (χ0v) is 12.8. The van der Waals surface area contributed by atoms with Crippen molar-refractivity contribution in [1.29, 1.82) is 0 Å². The van der Waals surface area contributed by atoms with Crippen LogP contribution in [0.15, 0.2) is 30.3 Å². The van der Waals surface area contributed by atoms with E-state index in [1.807, 2.05) is 18.2 Å². The van der Waals surface area contributed by atoms with Crippen LogP contribution >= 0.6 is 0 Å². The van der Waals surface area contributed by atoms with Gasteiger partial charge in [-0.3, -0.25) is 0 Å². The fourth-order valence-corrected chi connectivity index (χ4v) is 2.65. The summed E-state index contributed by atoms with van der Waals surface area (Å²) in [5.74, 6) is 0.760. The van der Waals surface area contributed by atoms with Crippen LogP contribution in [-0.2, 0) is 0 Å². The first-order valence-corrected chi connectivity index (χ1v) is 8.04. The Kier molecular flexibility index (Phi) is 4.71. The molecule has 0 N–H and O–H groups in total. The zero-order valence-electron chi connectivity index (χ0n) is 12.8. The lowest BCUT2D eigenvalue weighted by molar-refractivity contribution is 0.293. The molecule has 1 saturated heterocycles. The predicted molar refractivity (Wildman–Crippen MR) is 86.9 cm³/mol. The molecule has 1 fully saturated rings. The number of hydrogen-bond donors (Lipinski definition) is 0. The molecule has 2 aromatic rings. The number of para-hydroxylation sites is 1. The number of ether oxygens (including phenoxy) is 1. The highest BCUT2D eigenvalue weighted by Gasteiger charge is 2.15. The summed E-state index contributed by atoms with van der Waals surface area (Å²) in [6, 6.07) is 10.3. The van der Waals surface area contributed by atoms with E-state index in [1.54, 1.807) is 0 Å². The van der Waals surface area contributed by atoms with Crippen molar-refractivity contribution in [2.45, 2.75) is 32.6 Å². The van der Waals surface area contributed by atoms with Crippen molar-refractivity contribution in [3.8, 4) is 5.88 Å². The van der Waals surface area contributed by atoms with E-state index < -0.39 is 0 Å². The lowest BCUT2D eigenvalue weighted by Crippen LogP contribution is -2.01. The molecule has 0 unspecified atom stereocenters. The summed E-state index contributed by atoms with van der Waals surface area (Å²) >= 11 is 0. The molecule has 0 radical (unpaired) electrons. The highest BCUT2D eigenvalue weighted by atomic mass is 16.5. The van der Waals surface area contributed by atoms with Gasteiger partial charge in [-0.25, -0.2) is 4.98 Å². The Balaban J connectivity index is 1.42. The van der Waals surface area contributed by atoms with Gasteiger partial charge in [0, 0.05) is 24.5 Å². The zero-order chi connectivity index (χ0) is 14.5. The van der Waals surface area contributed by atoms with Crippen LogP contribution in [0, 0.1) is 6.92 Å². The van der Waals surface area contributed by atoms with Gasteiger partial charge in [-0.2, -0.15) is 0 Å². The van der Waals surface area contributed by atoms with Crippen molar-refractivity contribution in [2.75, 3.05) is 26.2 Å². The summed E-state index contributed by atoms with van der Waals surface area (Å²) < 4.78 is 5.81. The molecule has 0 atom stereocenters. The minimum Gasteiger partial charge on any atom is -0.478 e. The van der Waals surface area contributed by atoms with Gasteiger partial charge in [0.25, 0.3) is 0 Å². The SMILES string of the molecule is Cc1cc(OCCCCCCN2CC2)nc2ccccc12. The number of rotatable bonds is 8. The second-order valence-electron chi connectivity index (χ2n) is 5.90. The molecule has 0 amide bonds. The van der Waals surface area contributed by atoms with E-state index in [-0.39, 0.29) is 0 Å². The monoisotopic (exact) mass is 284 g/mol. The Bertz CT molecular complexity index is 593. The second-order valence-corrected chi connectivity index (χ2v) is 5.90. The maximum atomic E-state index is 5.81. The number of aromatic nitrogens is 1. The van der Waals surface area contributed by atoms with Crippen LogP contribution < -0.4 is 4.74 Å². The van der Waals surface area contributed by atoms with Crippen LogP contribution in [0.1, 0.15) is 31.2 Å². The highest BCUT2D eigenvalue weighted by Crippen LogP contribution is 2.21. The predicted octanol–water partition coefficient (Wildman–Crippen LogP) is 3.80. The number of pyridine rings is 1. The molecule has 1 aliphatic heterocycles. The third-order valence-electron chi connectivity index (χ3n) is 4.06. The molecule has 0 saturated carbocycles. The summed E-state index contributed by atoms with van der Waals surface area (Å²) in [4.78, 5) is 7.06. The average Bonchev–Trinajstić information content (AvgIpc) is 3.30. The van der Waals surface area contributed by atoms with Crippen LogP contribution in [0.3, 0.4) is 0 Å². The van der Waals surface area contributed by atoms with E-state index >= 15 is 0 Å². The number of unbranched alkanes of at least 4 members (excludes halogenated alkanes) is 3. The molecule has 1 aromatic carbocycles. The van der Waals surface area contributed by atoms with Gasteiger partial charge in [0.15, 0.2) is 0 Å². The molecule has 0 spiro atoms. The molecule has 0 aliphatic carbocycles. The minimum absolute atomic E-state index is 0.760. The summed E-state index contributed by atoms with van der Waals surface area (Å²) in [6.07, 6.45) is 5.01. The van der Waals surface area contributed by atoms with Crippen molar-refractivity contribution in [1.82, 2.24) is 9.88 Å². The van der Waals surface area contributed by atoms with Crippen LogP contribution in [0.5, 0.6) is 5.88 Å². The summed E-state index contributed by atoms with van der Waals surface area (Å²) in [6.45, 7) is 6.80. The largest absolute Gasteiger partial charge is 0.478 e. The van der Waals surface area contributed by atoms with Crippen LogP contribution in [0.25, 0.3) is 10.9 Å². The van der Waals surface area contributed by atoms with Crippen molar-refractivity contribution in [3.63, 3.8) is 0 Å². The Morgan fingerprint density at radius 3 is 2.76 bits per heavy atom. The van der Waals surface area contributed by atoms with E-state index in [0.29, 0.717) is 0 Å². The molecule has 1 aromatic heterocycles. The first-order valence-electron chi connectivity index (χ1n) is 8.04. The van der Waals surface area contributed by atoms with Gasteiger partial charge < -0.3 is 9.64 Å². The van der Waals surface area contributed by atoms with E-state index in [0.717, 1.165) is 24.4 Å². The van der Waals surface area contributed by atoms with Crippen molar-refractivity contribution in [2.24, 2.45) is 0 Å². The second kappa shape index (κ2) is 6.90. The van der Waals surface area contributed by atoms with Gasteiger partial charge in [0.1, 0.15) is 0 Å². The Hall–Kier alpha value is -1.61. The van der Waals surface area contributed by atoms with Crippen LogP contribution in [-0.4, -0.2) is 36.1 Å². The molecule has 112 valence electrons. The summed E-state index contributed by atoms with van der Waals surface area (Å²) in [5, 5.41) is 1.21. The third kappa shape index (κ3) is 4.18. The Morgan fingerprint density at radius 2 is 1.90 bits per heavy atom. The highest BCUT2D eigenvalue weighted by molar-refractivity contribution is 5.82. The van der Waals surface area contributed by atoms with E-state index in [2.05, 4.69) is 28.9 Å². The van der Waals surface area contributed by atoms with Crippen LogP contribution in [0.4, 0.5) is 0 Å². The first kappa shape index (κ1) is 14.3. The molecular formula is C18H24N2O. The lowest BCUT2D eigenvalue weighted by Gasteiger charge is -2.08. The van der Waals surface area contributed by atoms with Gasteiger partial charge in [-0.05, 0) is 37.9 Å². The minimum atomic E-state index is 0.760. The molecule has 21 heavy (non-hydrogen) atoms. The fourth-order valence-electron chi connectivity index (χ4n) is 2.65. The van der Waals surface area contributed by atoms with E-state index in [1.165, 1.54) is 49.8 Å². The maximum Gasteiger partial charge on any atom is 0.214 e. The molecule has 2 heterocycles. The van der Waals surface area contributed by atoms with Crippen molar-refractivity contribution in [3.05, 3.63) is 35.9 Å². The van der Waals surface area contributed by atoms with Crippen molar-refractivity contribution >= 4 is 10.9 Å². The molecule has 0 bridgehead atoms. The van der Waals surface area contributed by atoms with Crippen LogP contribution in [0.2, 0.25) is 0 Å². The van der Waals surface area contributed by atoms with E-state index in [4.69, 9.17) is 4.74 Å². The Labute approximate surface area is 126 Å². The summed E-state index contributed by atoms with van der Waals surface area (Å²) in [7, 11) is 0. The molecule has 3 nitrogen and oxygen atoms in total. The van der Waals surface area contributed by atoms with Gasteiger partial charge >= 0.3 is 0 Å². The number of hydrogen-bond acceptors (Lipinski definition) is 3. The standard InChI is InChI=1S/C18H24N2O/c1-15-14-18(19-17-9-5-4-8-16(15)17)21-13-7-3-2-6-10-20-11-12-20/h4-5,8-9,14H,2-3,6-7,10-13H2,1H3. The van der Waals surface area contributed by atoms with E-state index in [9.17, 15) is 0 Å². The van der Waals surface area contributed by atoms with Crippen molar-refractivity contribution < 1.29 is 4.74 Å². The van der Waals surface area contributed by atoms with Gasteiger partial charge in [0.05, 0.1) is 12.1 Å². The normalized spacial score (nSPS) is 14.5. The molecule has 3 heteroatoms. The Morgan fingerprint density at radius 1 is 1.10 bits per heavy atom. The smallest absolute Gasteiger partial charge is 0.214 e. The number of fused-ring (bicyclic) bond motifs is 1. The molecule has 3 rings (SSSR count). The number of benzene rings is 1. The summed E-state index contributed by atoms with van der Waals surface area (Å²) in [5.41, 5.74) is 2.25. The maximum absolute atomic E-state index is 5.81. The molecular weight excluding hydrogens is 260 g/mol.